The van der Waals surface area contributed by atoms with Crippen molar-refractivity contribution in [2.75, 3.05) is 0 Å². The molecule has 11 nitrogen and oxygen atoms in total. The van der Waals surface area contributed by atoms with Crippen LogP contribution in [-0.4, -0.2) is 67.8 Å². The van der Waals surface area contributed by atoms with Gasteiger partial charge in [-0.2, -0.15) is 0 Å². The number of carboxylic acid groups (broad SMARTS) is 2. The first-order valence-electron chi connectivity index (χ1n) is 9.66. The Morgan fingerprint density at radius 1 is 1.06 bits per heavy atom. The van der Waals surface area contributed by atoms with Crippen molar-refractivity contribution < 1.29 is 34.6 Å². The van der Waals surface area contributed by atoms with Gasteiger partial charge in [0.05, 0.1) is 6.20 Å². The number of hydrogen-bond donors (Lipinski definition) is 6. The molecule has 0 unspecified atom stereocenters. The van der Waals surface area contributed by atoms with Crippen molar-refractivity contribution in [3.63, 3.8) is 0 Å². The highest BCUT2D eigenvalue weighted by Gasteiger charge is 2.21. The molecule has 0 saturated carbocycles. The lowest BCUT2D eigenvalue weighted by Crippen LogP contribution is -2.42. The predicted octanol–water partition coefficient (Wildman–Crippen LogP) is -0.416. The molecule has 0 radical (unpaired) electrons. The van der Waals surface area contributed by atoms with Crippen molar-refractivity contribution in [3.8, 4) is 0 Å². The average molecular weight is 448 g/mol. The van der Waals surface area contributed by atoms with Crippen molar-refractivity contribution in [1.29, 1.82) is 0 Å². The van der Waals surface area contributed by atoms with Gasteiger partial charge >= 0.3 is 19.6 Å². The summed E-state index contributed by atoms with van der Waals surface area (Å²) >= 11 is 0. The van der Waals surface area contributed by atoms with E-state index in [2.05, 4.69) is 15.3 Å². The van der Waals surface area contributed by atoms with Crippen LogP contribution in [0.5, 0.6) is 0 Å². The van der Waals surface area contributed by atoms with E-state index < -0.39 is 37.6 Å². The molecule has 0 bridgehead atoms. The van der Waals surface area contributed by atoms with Crippen LogP contribution in [0.25, 0.3) is 0 Å². The molecular weight excluding hydrogens is 419 g/mol. The Kier molecular flexibility index (Phi) is 14.7. The summed E-state index contributed by atoms with van der Waals surface area (Å²) in [5, 5.41) is 34.2. The van der Waals surface area contributed by atoms with E-state index in [0.717, 1.165) is 5.56 Å². The molecular formula is C20H29BN4O7. The van der Waals surface area contributed by atoms with Gasteiger partial charge in [-0.15, -0.1) is 0 Å². The lowest BCUT2D eigenvalue weighted by molar-refractivity contribution is -0.140. The molecule has 1 heterocycles. The number of nitrogens with zero attached hydrogens (tertiary/aromatic N) is 2. The molecule has 1 aromatic carbocycles. The number of benzene rings is 1. The second-order valence-electron chi connectivity index (χ2n) is 6.86. The summed E-state index contributed by atoms with van der Waals surface area (Å²) in [5.74, 6) is -2.20. The molecule has 0 spiro atoms. The van der Waals surface area contributed by atoms with Crippen LogP contribution in [0.2, 0.25) is 0 Å². The zero-order valence-electron chi connectivity index (χ0n) is 18.0. The van der Waals surface area contributed by atoms with Crippen molar-refractivity contribution in [2.45, 2.75) is 38.8 Å². The minimum Gasteiger partial charge on any atom is -0.480 e. The number of rotatable bonds is 8. The van der Waals surface area contributed by atoms with Crippen LogP contribution in [-0.2, 0) is 16.0 Å². The fourth-order valence-corrected chi connectivity index (χ4v) is 2.31. The molecule has 1 amide bonds. The van der Waals surface area contributed by atoms with Crippen molar-refractivity contribution in [1.82, 2.24) is 15.3 Å². The Balaban J connectivity index is 0.000000672. The third-order valence-corrected chi connectivity index (χ3v) is 3.72. The summed E-state index contributed by atoms with van der Waals surface area (Å²) in [6.45, 7) is 3.89. The molecule has 0 fully saturated rings. The minimum atomic E-state index is -1.09. The number of hydrogen-bond acceptors (Lipinski definition) is 8. The van der Waals surface area contributed by atoms with Gasteiger partial charge in [0.25, 0.3) is 5.91 Å². The summed E-state index contributed by atoms with van der Waals surface area (Å²) in [5.41, 5.74) is 6.14. The number of amides is 1. The van der Waals surface area contributed by atoms with Crippen LogP contribution >= 0.6 is 0 Å². The standard InChI is InChI=1S/C14H13N3O3.C6H13NO2.BH3O2/c18-13(12-9-15-6-7-16-12)17-11(14(19)20)8-10-4-2-1-3-5-10;1-4(2)3-5(7)6(8)9;2-1-3/h1-7,9,11H,8H2,(H,17,18)(H,19,20);4-5H,3,7H2,1-2H3,(H,8,9);1-3H/t11-;5-;/m00./s1. The van der Waals surface area contributed by atoms with Crippen molar-refractivity contribution in [2.24, 2.45) is 11.7 Å². The normalized spacial score (nSPS) is 11.6. The maximum Gasteiger partial charge on any atom is 0.432 e. The second-order valence-corrected chi connectivity index (χ2v) is 6.86. The zero-order chi connectivity index (χ0) is 24.5. The van der Waals surface area contributed by atoms with Gasteiger partial charge in [-0.3, -0.25) is 14.6 Å². The highest BCUT2D eigenvalue weighted by Crippen LogP contribution is 2.04. The van der Waals surface area contributed by atoms with Gasteiger partial charge in [0.15, 0.2) is 0 Å². The van der Waals surface area contributed by atoms with Gasteiger partial charge in [-0.1, -0.05) is 44.2 Å². The van der Waals surface area contributed by atoms with Gasteiger partial charge in [0.2, 0.25) is 0 Å². The number of aromatic nitrogens is 2. The van der Waals surface area contributed by atoms with Crippen LogP contribution in [0.3, 0.4) is 0 Å². The van der Waals surface area contributed by atoms with E-state index in [1.807, 2.05) is 44.2 Å². The maximum absolute atomic E-state index is 11.9. The van der Waals surface area contributed by atoms with Gasteiger partial charge in [0, 0.05) is 18.8 Å². The van der Waals surface area contributed by atoms with Crippen molar-refractivity contribution in [3.05, 3.63) is 60.2 Å². The van der Waals surface area contributed by atoms with Crippen LogP contribution in [0.15, 0.2) is 48.9 Å². The Hall–Kier alpha value is -3.35. The van der Waals surface area contributed by atoms with E-state index in [1.54, 1.807) is 0 Å². The number of carboxylic acids is 2. The predicted molar refractivity (Wildman–Crippen MR) is 118 cm³/mol. The third-order valence-electron chi connectivity index (χ3n) is 3.72. The second kappa shape index (κ2) is 16.4. The highest BCUT2D eigenvalue weighted by molar-refractivity contribution is 6.13. The zero-order valence-corrected chi connectivity index (χ0v) is 18.0. The van der Waals surface area contributed by atoms with E-state index >= 15 is 0 Å². The molecule has 12 heteroatoms. The van der Waals surface area contributed by atoms with Gasteiger partial charge < -0.3 is 31.3 Å². The Morgan fingerprint density at radius 3 is 2.06 bits per heavy atom. The number of aliphatic carboxylic acids is 2. The number of nitrogens with one attached hydrogen (secondary N) is 1. The number of carbonyl (C=O) groups excluding carboxylic acids is 1. The lowest BCUT2D eigenvalue weighted by atomic mass is 10.1. The fourth-order valence-electron chi connectivity index (χ4n) is 2.31. The topological polar surface area (TPSA) is 196 Å². The van der Waals surface area contributed by atoms with Crippen LogP contribution in [0.1, 0.15) is 36.3 Å². The first-order valence-corrected chi connectivity index (χ1v) is 9.66. The van der Waals surface area contributed by atoms with Crippen LogP contribution in [0, 0.1) is 5.92 Å². The first-order chi connectivity index (χ1) is 15.1. The Labute approximate surface area is 186 Å². The molecule has 0 saturated heterocycles. The van der Waals surface area contributed by atoms with E-state index in [9.17, 15) is 19.5 Å². The van der Waals surface area contributed by atoms with Gasteiger partial charge in [-0.05, 0) is 17.9 Å². The highest BCUT2D eigenvalue weighted by atomic mass is 16.4. The van der Waals surface area contributed by atoms with E-state index in [-0.39, 0.29) is 12.1 Å². The molecule has 0 aliphatic heterocycles. The first kappa shape index (κ1) is 28.7. The van der Waals surface area contributed by atoms with Gasteiger partial charge in [0.1, 0.15) is 17.8 Å². The quantitative estimate of drug-likeness (QED) is 0.289. The SMILES string of the molecule is CC(C)C[C@H](N)C(=O)O.O=C(N[C@@H](Cc1ccccc1)C(=O)O)c1cnccn1.OBO. The van der Waals surface area contributed by atoms with E-state index in [0.29, 0.717) is 12.3 Å². The van der Waals surface area contributed by atoms with Crippen LogP contribution < -0.4 is 11.1 Å². The van der Waals surface area contributed by atoms with E-state index in [4.69, 9.17) is 20.9 Å². The monoisotopic (exact) mass is 448 g/mol. The Bertz CT molecular complexity index is 810. The summed E-state index contributed by atoms with van der Waals surface area (Å²) in [6, 6.07) is 7.40. The summed E-state index contributed by atoms with van der Waals surface area (Å²) in [7, 11) is -0.750. The molecule has 1 aromatic heterocycles. The summed E-state index contributed by atoms with van der Waals surface area (Å²) in [6.07, 6.45) is 4.87. The third kappa shape index (κ3) is 13.1. The maximum atomic E-state index is 11.9. The van der Waals surface area contributed by atoms with Gasteiger partial charge in [-0.25, -0.2) is 9.78 Å². The molecule has 32 heavy (non-hydrogen) atoms. The molecule has 174 valence electrons. The molecule has 0 aliphatic carbocycles. The summed E-state index contributed by atoms with van der Waals surface area (Å²) in [4.78, 5) is 40.8. The molecule has 7 N–H and O–H groups in total. The Morgan fingerprint density at radius 2 is 1.66 bits per heavy atom. The largest absolute Gasteiger partial charge is 0.480 e. The van der Waals surface area contributed by atoms with Crippen LogP contribution in [0.4, 0.5) is 0 Å². The smallest absolute Gasteiger partial charge is 0.432 e. The summed E-state index contributed by atoms with van der Waals surface area (Å²) < 4.78 is 0. The lowest BCUT2D eigenvalue weighted by Gasteiger charge is -2.14. The van der Waals surface area contributed by atoms with E-state index in [1.165, 1.54) is 18.6 Å². The molecule has 2 rings (SSSR count). The fraction of sp³-hybridized carbons (Fsp3) is 0.350. The molecule has 2 atom stereocenters. The average Bonchev–Trinajstić information content (AvgIpc) is 2.75. The molecule has 0 aliphatic rings. The number of nitrogens with two attached hydrogens (primary N) is 1. The van der Waals surface area contributed by atoms with Crippen molar-refractivity contribution >= 4 is 25.5 Å². The minimum absolute atomic E-state index is 0.0896. The molecule has 2 aromatic rings. The number of carbonyl (C=O) groups is 3.